The highest BCUT2D eigenvalue weighted by Crippen LogP contribution is 2.37. The van der Waals surface area contributed by atoms with E-state index in [2.05, 4.69) is 0 Å². The van der Waals surface area contributed by atoms with Crippen LogP contribution in [0.25, 0.3) is 0 Å². The second-order valence-electron chi connectivity index (χ2n) is 5.25. The summed E-state index contributed by atoms with van der Waals surface area (Å²) in [6, 6.07) is 0. The van der Waals surface area contributed by atoms with E-state index < -0.39 is 60.6 Å². The van der Waals surface area contributed by atoms with E-state index >= 15 is 0 Å². The lowest BCUT2D eigenvalue weighted by molar-refractivity contribution is -0.123. The molecule has 0 bridgehead atoms. The van der Waals surface area contributed by atoms with Crippen molar-refractivity contribution in [3.63, 3.8) is 0 Å². The molecule has 0 spiro atoms. The average molecular weight is 388 g/mol. The molecule has 0 radical (unpaired) electrons. The lowest BCUT2D eigenvalue weighted by atomic mass is 10.0. The summed E-state index contributed by atoms with van der Waals surface area (Å²) in [7, 11) is -2.74. The number of amides is 1. The fourth-order valence-electron chi connectivity index (χ4n) is 2.28. The first-order valence-corrected chi connectivity index (χ1v) is 8.52. The van der Waals surface area contributed by atoms with Gasteiger partial charge >= 0.3 is 8.80 Å². The van der Waals surface area contributed by atoms with Gasteiger partial charge in [0.1, 0.15) is 0 Å². The third-order valence-electron chi connectivity index (χ3n) is 3.40. The van der Waals surface area contributed by atoms with Gasteiger partial charge in [0.05, 0.1) is 5.56 Å². The van der Waals surface area contributed by atoms with Crippen molar-refractivity contribution in [1.29, 1.82) is 0 Å². The maximum absolute atomic E-state index is 14.2. The number of primary amides is 1. The number of benzene rings is 1. The molecule has 0 aliphatic carbocycles. The van der Waals surface area contributed by atoms with Gasteiger partial charge in [-0.25, -0.2) is 22.0 Å². The number of carbonyl (C=O) groups excluding carboxylic acids is 1. The Labute approximate surface area is 141 Å². The van der Waals surface area contributed by atoms with E-state index in [1.165, 1.54) is 13.8 Å². The van der Waals surface area contributed by atoms with Crippen LogP contribution in [-0.2, 0) is 23.2 Å². The SMILES string of the molecule is CO[Si](OC)(OC(C)C)C(N)(C(N)=O)c1c(F)c(F)c(F)c(F)c1F. The molecule has 0 aromatic heterocycles. The highest BCUT2D eigenvalue weighted by molar-refractivity contribution is 6.68. The molecule has 1 rings (SSSR count). The molecule has 4 N–H and O–H groups in total. The monoisotopic (exact) mass is 388 g/mol. The van der Waals surface area contributed by atoms with Crippen LogP contribution >= 0.6 is 0 Å². The Morgan fingerprint density at radius 2 is 1.32 bits per heavy atom. The van der Waals surface area contributed by atoms with Gasteiger partial charge in [-0.05, 0) is 13.8 Å². The second kappa shape index (κ2) is 7.33. The van der Waals surface area contributed by atoms with Crippen molar-refractivity contribution < 1.29 is 40.0 Å². The molecule has 0 saturated heterocycles. The maximum atomic E-state index is 14.2. The zero-order chi connectivity index (χ0) is 19.7. The molecule has 1 unspecified atom stereocenters. The number of nitrogens with two attached hydrogens (primary N) is 2. The fourth-order valence-corrected chi connectivity index (χ4v) is 4.92. The normalized spacial score (nSPS) is 14.7. The van der Waals surface area contributed by atoms with Crippen LogP contribution in [0.3, 0.4) is 0 Å². The minimum Gasteiger partial charge on any atom is -0.375 e. The van der Waals surface area contributed by atoms with Crippen LogP contribution < -0.4 is 11.5 Å². The number of hydrogen-bond donors (Lipinski definition) is 2. The molecule has 1 amide bonds. The Morgan fingerprint density at radius 3 is 1.60 bits per heavy atom. The molecule has 12 heteroatoms. The van der Waals surface area contributed by atoms with Crippen LogP contribution in [0.2, 0.25) is 0 Å². The van der Waals surface area contributed by atoms with E-state index in [9.17, 15) is 26.7 Å². The van der Waals surface area contributed by atoms with Crippen LogP contribution in [0.4, 0.5) is 22.0 Å². The first-order valence-electron chi connectivity index (χ1n) is 6.80. The van der Waals surface area contributed by atoms with E-state index in [0.29, 0.717) is 0 Å². The van der Waals surface area contributed by atoms with Crippen molar-refractivity contribution in [2.45, 2.75) is 25.1 Å². The van der Waals surface area contributed by atoms with Crippen molar-refractivity contribution >= 4 is 14.7 Å². The van der Waals surface area contributed by atoms with Gasteiger partial charge < -0.3 is 24.7 Å². The molecular formula is C13H17F5N2O4Si. The Bertz CT molecular complexity index is 658. The molecule has 0 aliphatic heterocycles. The quantitative estimate of drug-likeness (QED) is 0.317. The van der Waals surface area contributed by atoms with Crippen molar-refractivity contribution in [2.24, 2.45) is 11.5 Å². The molecule has 0 aliphatic rings. The van der Waals surface area contributed by atoms with E-state index in [1.807, 2.05) is 0 Å². The summed E-state index contributed by atoms with van der Waals surface area (Å²) in [5.41, 5.74) is 9.24. The zero-order valence-corrected chi connectivity index (χ0v) is 14.8. The third-order valence-corrected chi connectivity index (χ3v) is 6.72. The predicted molar refractivity (Wildman–Crippen MR) is 77.3 cm³/mol. The highest BCUT2D eigenvalue weighted by Gasteiger charge is 2.66. The van der Waals surface area contributed by atoms with Gasteiger partial charge in [0.25, 0.3) is 0 Å². The molecule has 25 heavy (non-hydrogen) atoms. The van der Waals surface area contributed by atoms with Crippen LogP contribution in [0, 0.1) is 29.1 Å². The molecule has 1 aromatic rings. The van der Waals surface area contributed by atoms with E-state index in [-0.39, 0.29) is 0 Å². The summed E-state index contributed by atoms with van der Waals surface area (Å²) in [5.74, 6) is -13.4. The number of halogens is 5. The average Bonchev–Trinajstić information content (AvgIpc) is 2.55. The predicted octanol–water partition coefficient (Wildman–Crippen LogP) is 1.22. The maximum Gasteiger partial charge on any atom is 0.536 e. The van der Waals surface area contributed by atoms with Crippen molar-refractivity contribution in [2.75, 3.05) is 14.2 Å². The Hall–Kier alpha value is -1.60. The number of carbonyl (C=O) groups is 1. The van der Waals surface area contributed by atoms with Gasteiger partial charge in [-0.2, -0.15) is 0 Å². The molecule has 142 valence electrons. The van der Waals surface area contributed by atoms with Gasteiger partial charge in [0, 0.05) is 20.3 Å². The summed E-state index contributed by atoms with van der Waals surface area (Å²) >= 11 is 0. The van der Waals surface area contributed by atoms with Crippen LogP contribution in [0.15, 0.2) is 0 Å². The highest BCUT2D eigenvalue weighted by atomic mass is 28.4. The molecule has 1 aromatic carbocycles. The van der Waals surface area contributed by atoms with E-state index in [1.54, 1.807) is 0 Å². The summed E-state index contributed by atoms with van der Waals surface area (Å²) in [6.07, 6.45) is -0.755. The van der Waals surface area contributed by atoms with Gasteiger partial charge in [-0.15, -0.1) is 0 Å². The molecule has 6 nitrogen and oxygen atoms in total. The second-order valence-corrected chi connectivity index (χ2v) is 8.20. The van der Waals surface area contributed by atoms with Gasteiger partial charge in [0.2, 0.25) is 11.7 Å². The number of rotatable bonds is 7. The molecule has 0 fully saturated rings. The Morgan fingerprint density at radius 1 is 0.960 bits per heavy atom. The Kier molecular flexibility index (Phi) is 6.29. The standard InChI is InChI=1S/C13H17F5N2O4Si/c1-5(2)24-25(22-3,23-4)13(20,12(19)21)6-7(14)9(16)11(18)10(17)8(6)15/h5H,20H2,1-4H3,(H2,19,21). The lowest BCUT2D eigenvalue weighted by Gasteiger charge is -2.40. The van der Waals surface area contributed by atoms with Crippen molar-refractivity contribution in [1.82, 2.24) is 0 Å². The lowest BCUT2D eigenvalue weighted by Crippen LogP contribution is -2.73. The van der Waals surface area contributed by atoms with Gasteiger partial charge in [0.15, 0.2) is 28.4 Å². The smallest absolute Gasteiger partial charge is 0.375 e. The summed E-state index contributed by atoms with van der Waals surface area (Å²) in [6.45, 7) is 2.89. The van der Waals surface area contributed by atoms with Gasteiger partial charge in [-0.1, -0.05) is 0 Å². The van der Waals surface area contributed by atoms with Crippen LogP contribution in [-0.4, -0.2) is 35.0 Å². The molecular weight excluding hydrogens is 371 g/mol. The molecule has 1 atom stereocenters. The van der Waals surface area contributed by atoms with Gasteiger partial charge in [-0.3, -0.25) is 4.79 Å². The van der Waals surface area contributed by atoms with Crippen molar-refractivity contribution in [3.05, 3.63) is 34.6 Å². The summed E-state index contributed by atoms with van der Waals surface area (Å²) in [4.78, 5) is 12.0. The first-order chi connectivity index (χ1) is 11.4. The summed E-state index contributed by atoms with van der Waals surface area (Å²) < 4.78 is 84.3. The Balaban J connectivity index is 3.97. The molecule has 0 heterocycles. The largest absolute Gasteiger partial charge is 0.536 e. The minimum atomic E-state index is -4.62. The van der Waals surface area contributed by atoms with Crippen molar-refractivity contribution in [3.8, 4) is 0 Å². The molecule has 0 saturated carbocycles. The van der Waals surface area contributed by atoms with Crippen LogP contribution in [0.1, 0.15) is 19.4 Å². The zero-order valence-electron chi connectivity index (χ0n) is 13.8. The van der Waals surface area contributed by atoms with Crippen LogP contribution in [0.5, 0.6) is 0 Å². The third kappa shape index (κ3) is 3.15. The van der Waals surface area contributed by atoms with E-state index in [4.69, 9.17) is 24.7 Å². The first kappa shape index (κ1) is 21.4. The minimum absolute atomic E-state index is 0.755. The van der Waals surface area contributed by atoms with E-state index in [0.717, 1.165) is 14.2 Å². The topological polar surface area (TPSA) is 96.8 Å². The fraction of sp³-hybridized carbons (Fsp3) is 0.462. The number of hydrogen-bond acceptors (Lipinski definition) is 5. The summed E-state index contributed by atoms with van der Waals surface area (Å²) in [5, 5.41) is -3.09.